The molecule has 0 radical (unpaired) electrons. The molecule has 1 N–H and O–H groups in total. The van der Waals surface area contributed by atoms with Crippen molar-refractivity contribution in [3.05, 3.63) is 56.3 Å². The van der Waals surface area contributed by atoms with Crippen molar-refractivity contribution in [2.24, 2.45) is 0 Å². The molecular weight excluding hydrogens is 262 g/mol. The molecule has 0 saturated carbocycles. The van der Waals surface area contributed by atoms with Crippen LogP contribution in [0.4, 0.5) is 0 Å². The predicted molar refractivity (Wildman–Crippen MR) is 87.5 cm³/mol. The maximum atomic E-state index is 3.66. The smallest absolute Gasteiger partial charge is 0.0305 e. The van der Waals surface area contributed by atoms with E-state index in [9.17, 15) is 0 Å². The normalized spacial score (nSPS) is 15.3. The monoisotopic (exact) mass is 285 g/mol. The second kappa shape index (κ2) is 5.71. The van der Waals surface area contributed by atoms with E-state index in [1.807, 2.05) is 11.3 Å². The Balaban J connectivity index is 1.63. The average molecular weight is 285 g/mol. The van der Waals surface area contributed by atoms with Crippen molar-refractivity contribution < 1.29 is 0 Å². The summed E-state index contributed by atoms with van der Waals surface area (Å²) in [5.41, 5.74) is 5.74. The molecule has 1 heterocycles. The number of thiophene rings is 1. The van der Waals surface area contributed by atoms with Gasteiger partial charge >= 0.3 is 0 Å². The van der Waals surface area contributed by atoms with Crippen LogP contribution in [0.2, 0.25) is 0 Å². The van der Waals surface area contributed by atoms with Crippen LogP contribution in [0.5, 0.6) is 0 Å². The number of hydrogen-bond donors (Lipinski definition) is 1. The van der Waals surface area contributed by atoms with Gasteiger partial charge in [0.25, 0.3) is 0 Å². The van der Waals surface area contributed by atoms with E-state index in [0.29, 0.717) is 6.04 Å². The minimum absolute atomic E-state index is 0.409. The van der Waals surface area contributed by atoms with E-state index in [4.69, 9.17) is 0 Å². The number of benzene rings is 1. The lowest BCUT2D eigenvalue weighted by atomic mass is 10.0. The average Bonchev–Trinajstić information content (AvgIpc) is 3.00. The van der Waals surface area contributed by atoms with Gasteiger partial charge in [-0.2, -0.15) is 0 Å². The molecular formula is C18H23NS. The Bertz CT molecular complexity index is 590. The van der Waals surface area contributed by atoms with E-state index in [-0.39, 0.29) is 0 Å². The van der Waals surface area contributed by atoms with Gasteiger partial charge < -0.3 is 5.32 Å². The quantitative estimate of drug-likeness (QED) is 0.858. The Kier molecular flexibility index (Phi) is 3.95. The number of nitrogens with one attached hydrogen (secondary N) is 1. The number of fused-ring (bicyclic) bond motifs is 1. The maximum absolute atomic E-state index is 3.66. The van der Waals surface area contributed by atoms with Gasteiger partial charge in [0, 0.05) is 22.3 Å². The summed E-state index contributed by atoms with van der Waals surface area (Å²) in [5.74, 6) is 0. The molecule has 1 atom stereocenters. The lowest BCUT2D eigenvalue weighted by molar-refractivity contribution is 0.578. The molecule has 2 aromatic rings. The Labute approximate surface area is 126 Å². The van der Waals surface area contributed by atoms with Gasteiger partial charge in [-0.25, -0.2) is 0 Å². The van der Waals surface area contributed by atoms with Gasteiger partial charge in [-0.15, -0.1) is 11.3 Å². The second-order valence-corrected chi connectivity index (χ2v) is 7.18. The topological polar surface area (TPSA) is 12.0 Å². The van der Waals surface area contributed by atoms with Gasteiger partial charge in [-0.1, -0.05) is 18.2 Å². The third-order valence-electron chi connectivity index (χ3n) is 4.41. The fraction of sp³-hybridized carbons (Fsp3) is 0.444. The van der Waals surface area contributed by atoms with E-state index in [1.54, 1.807) is 10.4 Å². The van der Waals surface area contributed by atoms with Crippen molar-refractivity contribution in [2.75, 3.05) is 0 Å². The van der Waals surface area contributed by atoms with Crippen LogP contribution >= 0.6 is 11.3 Å². The van der Waals surface area contributed by atoms with Gasteiger partial charge in [-0.05, 0) is 68.4 Å². The third kappa shape index (κ3) is 2.82. The molecule has 20 heavy (non-hydrogen) atoms. The Hall–Kier alpha value is -1.12. The molecule has 1 nitrogen and oxygen atoms in total. The van der Waals surface area contributed by atoms with Crippen LogP contribution in [0.3, 0.4) is 0 Å². The first kappa shape index (κ1) is 13.8. The summed E-state index contributed by atoms with van der Waals surface area (Å²) in [7, 11) is 0. The highest BCUT2D eigenvalue weighted by Crippen LogP contribution is 2.30. The lowest BCUT2D eigenvalue weighted by Gasteiger charge is -2.15. The summed E-state index contributed by atoms with van der Waals surface area (Å²) in [6.45, 7) is 7.61. The van der Waals surface area contributed by atoms with Crippen LogP contribution in [-0.2, 0) is 19.4 Å². The number of rotatable bonds is 4. The molecule has 1 aliphatic rings. The van der Waals surface area contributed by atoms with Crippen molar-refractivity contribution >= 4 is 11.3 Å². The molecule has 1 aromatic carbocycles. The first-order valence-corrected chi connectivity index (χ1v) is 8.36. The van der Waals surface area contributed by atoms with Crippen LogP contribution in [0.25, 0.3) is 0 Å². The highest BCUT2D eigenvalue weighted by molar-refractivity contribution is 7.12. The predicted octanol–water partition coefficient (Wildman–Crippen LogP) is 4.70. The summed E-state index contributed by atoms with van der Waals surface area (Å²) in [6.07, 6.45) is 3.94. The molecule has 0 fully saturated rings. The minimum Gasteiger partial charge on any atom is -0.305 e. The highest BCUT2D eigenvalue weighted by atomic mass is 32.1. The maximum Gasteiger partial charge on any atom is 0.0305 e. The molecule has 1 aromatic heterocycles. The Morgan fingerprint density at radius 2 is 2.00 bits per heavy atom. The lowest BCUT2D eigenvalue weighted by Crippen LogP contribution is -2.17. The molecule has 3 rings (SSSR count). The van der Waals surface area contributed by atoms with Crippen LogP contribution in [0.15, 0.2) is 24.3 Å². The zero-order valence-corrected chi connectivity index (χ0v) is 13.4. The molecule has 1 aliphatic carbocycles. The third-order valence-corrected chi connectivity index (χ3v) is 5.65. The molecule has 0 spiro atoms. The van der Waals surface area contributed by atoms with Crippen molar-refractivity contribution in [3.63, 3.8) is 0 Å². The molecule has 2 heteroatoms. The molecule has 0 amide bonds. The summed E-state index contributed by atoms with van der Waals surface area (Å²) in [4.78, 5) is 3.12. The number of aryl methyl sites for hydroxylation is 4. The fourth-order valence-corrected chi connectivity index (χ4v) is 4.09. The largest absolute Gasteiger partial charge is 0.305 e. The van der Waals surface area contributed by atoms with Crippen molar-refractivity contribution in [1.82, 2.24) is 5.32 Å². The van der Waals surface area contributed by atoms with E-state index >= 15 is 0 Å². The van der Waals surface area contributed by atoms with E-state index < -0.39 is 0 Å². The van der Waals surface area contributed by atoms with Gasteiger partial charge in [0.1, 0.15) is 0 Å². The molecule has 0 bridgehead atoms. The van der Waals surface area contributed by atoms with E-state index in [0.717, 1.165) is 6.54 Å². The van der Waals surface area contributed by atoms with E-state index in [1.165, 1.54) is 40.8 Å². The van der Waals surface area contributed by atoms with E-state index in [2.05, 4.69) is 50.4 Å². The summed E-state index contributed by atoms with van der Waals surface area (Å²) >= 11 is 2.00. The molecule has 0 aliphatic heterocycles. The van der Waals surface area contributed by atoms with Crippen molar-refractivity contribution in [1.29, 1.82) is 0 Å². The van der Waals surface area contributed by atoms with Crippen LogP contribution < -0.4 is 5.32 Å². The SMILES string of the molecule is Cc1ccc(C(C)NCc2cc3c(s2)CCC3)cc1C. The van der Waals surface area contributed by atoms with Crippen LogP contribution in [-0.4, -0.2) is 0 Å². The first-order valence-electron chi connectivity index (χ1n) is 7.54. The van der Waals surface area contributed by atoms with Gasteiger partial charge in [0.15, 0.2) is 0 Å². The summed E-state index contributed by atoms with van der Waals surface area (Å²) in [6, 6.07) is 9.59. The van der Waals surface area contributed by atoms with Gasteiger partial charge in [0.2, 0.25) is 0 Å². The Morgan fingerprint density at radius 3 is 2.75 bits per heavy atom. The zero-order chi connectivity index (χ0) is 14.1. The minimum atomic E-state index is 0.409. The fourth-order valence-electron chi connectivity index (χ4n) is 2.88. The first-order chi connectivity index (χ1) is 9.63. The highest BCUT2D eigenvalue weighted by Gasteiger charge is 2.15. The van der Waals surface area contributed by atoms with Gasteiger partial charge in [-0.3, -0.25) is 0 Å². The molecule has 0 saturated heterocycles. The standard InChI is InChI=1S/C18H23NS/c1-12-7-8-15(9-13(12)2)14(3)19-11-17-10-16-5-4-6-18(16)20-17/h7-10,14,19H,4-6,11H2,1-3H3. The van der Waals surface area contributed by atoms with Crippen molar-refractivity contribution in [3.8, 4) is 0 Å². The van der Waals surface area contributed by atoms with Crippen LogP contribution in [0.1, 0.15) is 51.4 Å². The second-order valence-electron chi connectivity index (χ2n) is 5.96. The molecule has 106 valence electrons. The van der Waals surface area contributed by atoms with Crippen LogP contribution in [0, 0.1) is 13.8 Å². The summed E-state index contributed by atoms with van der Waals surface area (Å²) in [5, 5.41) is 3.66. The zero-order valence-electron chi connectivity index (χ0n) is 12.6. The Morgan fingerprint density at radius 1 is 1.15 bits per heavy atom. The number of hydrogen-bond acceptors (Lipinski definition) is 2. The van der Waals surface area contributed by atoms with Crippen molar-refractivity contribution in [2.45, 2.75) is 52.6 Å². The molecule has 1 unspecified atom stereocenters. The summed E-state index contributed by atoms with van der Waals surface area (Å²) < 4.78 is 0. The van der Waals surface area contributed by atoms with Gasteiger partial charge in [0.05, 0.1) is 0 Å².